The number of aryl methyl sites for hydroxylation is 1. The van der Waals surface area contributed by atoms with Gasteiger partial charge in [-0.15, -0.1) is 0 Å². The van der Waals surface area contributed by atoms with E-state index in [1.54, 1.807) is 0 Å². The third kappa shape index (κ3) is 3.55. The summed E-state index contributed by atoms with van der Waals surface area (Å²) in [6.45, 7) is 8.11. The zero-order chi connectivity index (χ0) is 15.9. The molecule has 1 N–H and O–H groups in total. The van der Waals surface area contributed by atoms with Gasteiger partial charge in [-0.1, -0.05) is 13.3 Å². The standard InChI is InChI=1S/C18H27NO3/c1-4-7-8-14-13-19(9-10-20)16-12-18(22-6-3)17(21-5-2)11-15(14)16/h11-13,20H,4-10H2,1-3H3. The average molecular weight is 305 g/mol. The maximum Gasteiger partial charge on any atom is 0.163 e. The number of nitrogens with zero attached hydrogens (tertiary/aromatic N) is 1. The normalized spacial score (nSPS) is 11.1. The van der Waals surface area contributed by atoms with Crippen molar-refractivity contribution >= 4 is 10.9 Å². The van der Waals surface area contributed by atoms with Crippen molar-refractivity contribution in [3.8, 4) is 11.5 Å². The lowest BCUT2D eigenvalue weighted by atomic mass is 10.1. The van der Waals surface area contributed by atoms with Crippen molar-refractivity contribution in [2.24, 2.45) is 0 Å². The second-order valence-electron chi connectivity index (χ2n) is 5.36. The number of aromatic nitrogens is 1. The van der Waals surface area contributed by atoms with Gasteiger partial charge in [0.2, 0.25) is 0 Å². The van der Waals surface area contributed by atoms with E-state index in [4.69, 9.17) is 9.47 Å². The Morgan fingerprint density at radius 2 is 1.73 bits per heavy atom. The topological polar surface area (TPSA) is 43.6 Å². The monoisotopic (exact) mass is 305 g/mol. The summed E-state index contributed by atoms with van der Waals surface area (Å²) in [7, 11) is 0. The van der Waals surface area contributed by atoms with E-state index in [2.05, 4.69) is 23.8 Å². The highest BCUT2D eigenvalue weighted by atomic mass is 16.5. The Balaban J connectivity index is 2.53. The zero-order valence-electron chi connectivity index (χ0n) is 13.9. The SMILES string of the molecule is CCCCc1cn(CCO)c2cc(OCC)c(OCC)cc12. The third-order valence-corrected chi connectivity index (χ3v) is 3.77. The number of hydrogen-bond acceptors (Lipinski definition) is 3. The summed E-state index contributed by atoms with van der Waals surface area (Å²) >= 11 is 0. The lowest BCUT2D eigenvalue weighted by Crippen LogP contribution is -2.02. The van der Waals surface area contributed by atoms with Crippen molar-refractivity contribution in [3.63, 3.8) is 0 Å². The lowest BCUT2D eigenvalue weighted by Gasteiger charge is -2.12. The first-order chi connectivity index (χ1) is 10.7. The van der Waals surface area contributed by atoms with Crippen LogP contribution in [0.15, 0.2) is 18.3 Å². The van der Waals surface area contributed by atoms with Crippen LogP contribution in [-0.2, 0) is 13.0 Å². The molecular formula is C18H27NO3. The van der Waals surface area contributed by atoms with Crippen molar-refractivity contribution in [3.05, 3.63) is 23.9 Å². The van der Waals surface area contributed by atoms with Gasteiger partial charge in [-0.05, 0) is 38.3 Å². The minimum atomic E-state index is 0.133. The second-order valence-corrected chi connectivity index (χ2v) is 5.36. The first-order valence-corrected chi connectivity index (χ1v) is 8.27. The van der Waals surface area contributed by atoms with E-state index in [0.717, 1.165) is 29.9 Å². The number of fused-ring (bicyclic) bond motifs is 1. The molecule has 0 aliphatic heterocycles. The summed E-state index contributed by atoms with van der Waals surface area (Å²) in [5.74, 6) is 1.58. The van der Waals surface area contributed by atoms with Gasteiger partial charge in [0.05, 0.1) is 25.3 Å². The number of aliphatic hydroxyl groups excluding tert-OH is 1. The van der Waals surface area contributed by atoms with Gasteiger partial charge in [-0.25, -0.2) is 0 Å². The Hall–Kier alpha value is -1.68. The van der Waals surface area contributed by atoms with Crippen molar-refractivity contribution in [1.29, 1.82) is 0 Å². The minimum absolute atomic E-state index is 0.133. The molecule has 0 amide bonds. The summed E-state index contributed by atoms with van der Waals surface area (Å²) in [6.07, 6.45) is 5.53. The first kappa shape index (κ1) is 16.7. The van der Waals surface area contributed by atoms with Gasteiger partial charge in [0.25, 0.3) is 0 Å². The number of benzene rings is 1. The highest BCUT2D eigenvalue weighted by Gasteiger charge is 2.14. The Morgan fingerprint density at radius 1 is 1.05 bits per heavy atom. The summed E-state index contributed by atoms with van der Waals surface area (Å²) in [6, 6.07) is 4.12. The van der Waals surface area contributed by atoms with E-state index in [1.165, 1.54) is 17.4 Å². The molecule has 0 spiro atoms. The van der Waals surface area contributed by atoms with Crippen molar-refractivity contribution in [2.45, 2.75) is 46.6 Å². The number of hydrogen-bond donors (Lipinski definition) is 1. The molecule has 0 radical (unpaired) electrons. The summed E-state index contributed by atoms with van der Waals surface area (Å²) in [5, 5.41) is 10.5. The molecule has 0 saturated heterocycles. The molecule has 2 aromatic rings. The predicted molar refractivity (Wildman–Crippen MR) is 90.0 cm³/mol. The molecule has 4 nitrogen and oxygen atoms in total. The summed E-state index contributed by atoms with van der Waals surface area (Å²) in [5.41, 5.74) is 2.42. The van der Waals surface area contributed by atoms with Crippen LogP contribution in [-0.4, -0.2) is 29.5 Å². The lowest BCUT2D eigenvalue weighted by molar-refractivity contribution is 0.277. The van der Waals surface area contributed by atoms with Crippen LogP contribution in [0.2, 0.25) is 0 Å². The number of ether oxygens (including phenoxy) is 2. The molecule has 0 unspecified atom stereocenters. The molecule has 0 saturated carbocycles. The van der Waals surface area contributed by atoms with Gasteiger partial charge in [0, 0.05) is 24.2 Å². The Morgan fingerprint density at radius 3 is 2.32 bits per heavy atom. The van der Waals surface area contributed by atoms with Gasteiger partial charge in [-0.3, -0.25) is 0 Å². The zero-order valence-corrected chi connectivity index (χ0v) is 13.9. The van der Waals surface area contributed by atoms with Crippen molar-refractivity contribution < 1.29 is 14.6 Å². The molecule has 1 aromatic heterocycles. The van der Waals surface area contributed by atoms with Gasteiger partial charge >= 0.3 is 0 Å². The maximum absolute atomic E-state index is 9.30. The number of aliphatic hydroxyl groups is 1. The minimum Gasteiger partial charge on any atom is -0.490 e. The Labute approximate surface area is 132 Å². The van der Waals surface area contributed by atoms with E-state index >= 15 is 0 Å². The van der Waals surface area contributed by atoms with Crippen LogP contribution in [0.5, 0.6) is 11.5 Å². The summed E-state index contributed by atoms with van der Waals surface area (Å²) < 4.78 is 13.6. The van der Waals surface area contributed by atoms with E-state index in [9.17, 15) is 5.11 Å². The fourth-order valence-corrected chi connectivity index (χ4v) is 2.77. The molecule has 2 rings (SSSR count). The molecular weight excluding hydrogens is 278 g/mol. The van der Waals surface area contributed by atoms with Crippen molar-refractivity contribution in [1.82, 2.24) is 4.57 Å². The maximum atomic E-state index is 9.30. The molecule has 1 aromatic carbocycles. The molecule has 22 heavy (non-hydrogen) atoms. The van der Waals surface area contributed by atoms with Gasteiger partial charge in [0.15, 0.2) is 11.5 Å². The highest BCUT2D eigenvalue weighted by Crippen LogP contribution is 2.35. The molecule has 0 fully saturated rings. The van der Waals surface area contributed by atoms with Crippen LogP contribution in [0.1, 0.15) is 39.2 Å². The van der Waals surface area contributed by atoms with Gasteiger partial charge in [0.1, 0.15) is 0 Å². The second kappa shape index (κ2) is 8.08. The Bertz CT molecular complexity index is 604. The van der Waals surface area contributed by atoms with E-state index < -0.39 is 0 Å². The molecule has 1 heterocycles. The fourth-order valence-electron chi connectivity index (χ4n) is 2.77. The van der Waals surface area contributed by atoms with E-state index in [-0.39, 0.29) is 6.61 Å². The molecule has 0 aliphatic rings. The van der Waals surface area contributed by atoms with Gasteiger partial charge in [-0.2, -0.15) is 0 Å². The molecule has 0 bridgehead atoms. The third-order valence-electron chi connectivity index (χ3n) is 3.77. The van der Waals surface area contributed by atoms with Crippen LogP contribution >= 0.6 is 0 Å². The van der Waals surface area contributed by atoms with E-state index in [0.29, 0.717) is 19.8 Å². The van der Waals surface area contributed by atoms with Crippen molar-refractivity contribution in [2.75, 3.05) is 19.8 Å². The largest absolute Gasteiger partial charge is 0.490 e. The number of rotatable bonds is 9. The van der Waals surface area contributed by atoms with Crippen LogP contribution < -0.4 is 9.47 Å². The Kier molecular flexibility index (Phi) is 6.13. The molecule has 122 valence electrons. The molecule has 0 aliphatic carbocycles. The molecule has 0 atom stereocenters. The number of unbranched alkanes of at least 4 members (excludes halogenated alkanes) is 1. The van der Waals surface area contributed by atoms with Crippen LogP contribution in [0.4, 0.5) is 0 Å². The van der Waals surface area contributed by atoms with E-state index in [1.807, 2.05) is 19.9 Å². The summed E-state index contributed by atoms with van der Waals surface area (Å²) in [4.78, 5) is 0. The highest BCUT2D eigenvalue weighted by molar-refractivity contribution is 5.87. The smallest absolute Gasteiger partial charge is 0.163 e. The quantitative estimate of drug-likeness (QED) is 0.767. The molecule has 4 heteroatoms. The average Bonchev–Trinajstić information content (AvgIpc) is 2.84. The predicted octanol–water partition coefficient (Wildman–Crippen LogP) is 3.77. The first-order valence-electron chi connectivity index (χ1n) is 8.27. The van der Waals surface area contributed by atoms with Crippen LogP contribution in [0.3, 0.4) is 0 Å². The van der Waals surface area contributed by atoms with Gasteiger partial charge < -0.3 is 19.1 Å². The van der Waals surface area contributed by atoms with Crippen LogP contribution in [0.25, 0.3) is 10.9 Å². The van der Waals surface area contributed by atoms with Crippen LogP contribution in [0, 0.1) is 0 Å². The fraction of sp³-hybridized carbons (Fsp3) is 0.556.